The smallest absolute Gasteiger partial charge is 0.309 e. The van der Waals surface area contributed by atoms with Gasteiger partial charge in [-0.15, -0.1) is 0 Å². The van der Waals surface area contributed by atoms with E-state index >= 15 is 0 Å². The van der Waals surface area contributed by atoms with Crippen LogP contribution in [0.15, 0.2) is 47.1 Å². The molecule has 1 aromatic heterocycles. The van der Waals surface area contributed by atoms with Gasteiger partial charge in [0.1, 0.15) is 11.6 Å². The van der Waals surface area contributed by atoms with E-state index in [-0.39, 0.29) is 18.4 Å². The van der Waals surface area contributed by atoms with E-state index in [1.807, 2.05) is 12.1 Å². The molecule has 0 bridgehead atoms. The van der Waals surface area contributed by atoms with Gasteiger partial charge in [0, 0.05) is 64.6 Å². The van der Waals surface area contributed by atoms with E-state index in [1.54, 1.807) is 18.4 Å². The monoisotopic (exact) mass is 473 g/mol. The Labute approximate surface area is 198 Å². The van der Waals surface area contributed by atoms with E-state index in [0.29, 0.717) is 26.3 Å². The third-order valence-electron chi connectivity index (χ3n) is 6.30. The van der Waals surface area contributed by atoms with Crippen LogP contribution in [0.25, 0.3) is 0 Å². The molecule has 2 aliphatic heterocycles. The van der Waals surface area contributed by atoms with Crippen molar-refractivity contribution >= 4 is 17.5 Å². The van der Waals surface area contributed by atoms with Crippen LogP contribution in [0.4, 0.5) is 10.1 Å². The molecular formula is C24H32FN5O4. The van der Waals surface area contributed by atoms with Crippen molar-refractivity contribution in [3.05, 3.63) is 54.2 Å². The lowest BCUT2D eigenvalue weighted by Crippen LogP contribution is -2.51. The molecule has 0 radical (unpaired) electrons. The maximum Gasteiger partial charge on any atom is 0.309 e. The molecule has 2 fully saturated rings. The third kappa shape index (κ3) is 6.55. The lowest BCUT2D eigenvalue weighted by Gasteiger charge is -2.39. The molecule has 2 aliphatic rings. The second-order valence-corrected chi connectivity index (χ2v) is 8.45. The van der Waals surface area contributed by atoms with Crippen LogP contribution in [0.1, 0.15) is 11.8 Å². The average molecular weight is 474 g/mol. The zero-order chi connectivity index (χ0) is 23.8. The van der Waals surface area contributed by atoms with Crippen molar-refractivity contribution in [2.24, 2.45) is 0 Å². The SMILES string of the molecule is O=C(NCCN1CCOCC1)C(=O)NC[C@@H](c1ccco1)N1CCN(c2ccc(F)cc2)CC1. The molecule has 2 saturated heterocycles. The second kappa shape index (κ2) is 12.0. The number of amides is 2. The van der Waals surface area contributed by atoms with Gasteiger partial charge in [0.15, 0.2) is 0 Å². The number of carbonyl (C=O) groups is 2. The summed E-state index contributed by atoms with van der Waals surface area (Å²) in [7, 11) is 0. The van der Waals surface area contributed by atoms with Crippen LogP contribution in [0.3, 0.4) is 0 Å². The molecule has 1 atom stereocenters. The van der Waals surface area contributed by atoms with Crippen molar-refractivity contribution in [3.63, 3.8) is 0 Å². The fraction of sp³-hybridized carbons (Fsp3) is 0.500. The Morgan fingerprint density at radius 2 is 1.65 bits per heavy atom. The highest BCUT2D eigenvalue weighted by molar-refractivity contribution is 6.35. The molecule has 0 spiro atoms. The average Bonchev–Trinajstić information content (AvgIpc) is 3.40. The van der Waals surface area contributed by atoms with Gasteiger partial charge in [-0.3, -0.25) is 19.4 Å². The maximum absolute atomic E-state index is 13.2. The topological polar surface area (TPSA) is 90.3 Å². The number of nitrogens with zero attached hydrogens (tertiary/aromatic N) is 3. The van der Waals surface area contributed by atoms with Crippen molar-refractivity contribution in [1.29, 1.82) is 0 Å². The Bertz CT molecular complexity index is 910. The minimum atomic E-state index is -0.650. The van der Waals surface area contributed by atoms with Crippen LogP contribution < -0.4 is 15.5 Å². The van der Waals surface area contributed by atoms with Crippen molar-refractivity contribution in [2.45, 2.75) is 6.04 Å². The van der Waals surface area contributed by atoms with Crippen LogP contribution in [-0.4, -0.2) is 93.7 Å². The first-order chi connectivity index (χ1) is 16.6. The quantitative estimate of drug-likeness (QED) is 0.550. The highest BCUT2D eigenvalue weighted by Crippen LogP contribution is 2.24. The van der Waals surface area contributed by atoms with Crippen LogP contribution in [0, 0.1) is 5.82 Å². The number of hydrogen-bond acceptors (Lipinski definition) is 7. The maximum atomic E-state index is 13.2. The minimum absolute atomic E-state index is 0.185. The summed E-state index contributed by atoms with van der Waals surface area (Å²) in [5.41, 5.74) is 0.984. The van der Waals surface area contributed by atoms with Gasteiger partial charge in [-0.2, -0.15) is 0 Å². The number of morpholine rings is 1. The zero-order valence-electron chi connectivity index (χ0n) is 19.2. The van der Waals surface area contributed by atoms with Crippen LogP contribution in [0.5, 0.6) is 0 Å². The van der Waals surface area contributed by atoms with Gasteiger partial charge in [-0.05, 0) is 36.4 Å². The van der Waals surface area contributed by atoms with E-state index in [2.05, 4.69) is 25.3 Å². The van der Waals surface area contributed by atoms with Crippen molar-refractivity contribution in [2.75, 3.05) is 77.0 Å². The number of nitrogens with one attached hydrogen (secondary N) is 2. The summed E-state index contributed by atoms with van der Waals surface area (Å²) >= 11 is 0. The predicted molar refractivity (Wildman–Crippen MR) is 125 cm³/mol. The summed E-state index contributed by atoms with van der Waals surface area (Å²) in [5, 5.41) is 5.46. The highest BCUT2D eigenvalue weighted by Gasteiger charge is 2.28. The Morgan fingerprint density at radius 3 is 2.32 bits per heavy atom. The van der Waals surface area contributed by atoms with E-state index in [1.165, 1.54) is 12.1 Å². The predicted octanol–water partition coefficient (Wildman–Crippen LogP) is 0.847. The number of halogens is 1. The molecule has 0 unspecified atom stereocenters. The van der Waals surface area contributed by atoms with Gasteiger partial charge in [-0.1, -0.05) is 0 Å². The lowest BCUT2D eigenvalue weighted by atomic mass is 10.1. The molecule has 2 N–H and O–H groups in total. The number of ether oxygens (including phenoxy) is 1. The molecule has 2 aromatic rings. The summed E-state index contributed by atoms with van der Waals surface area (Å²) < 4.78 is 24.2. The molecule has 1 aromatic carbocycles. The third-order valence-corrected chi connectivity index (χ3v) is 6.30. The van der Waals surface area contributed by atoms with Gasteiger partial charge in [-0.25, -0.2) is 4.39 Å². The number of benzene rings is 1. The second-order valence-electron chi connectivity index (χ2n) is 8.45. The molecule has 0 saturated carbocycles. The van der Waals surface area contributed by atoms with Gasteiger partial charge < -0.3 is 24.7 Å². The fourth-order valence-corrected chi connectivity index (χ4v) is 4.34. The van der Waals surface area contributed by atoms with E-state index in [0.717, 1.165) is 50.7 Å². The molecule has 4 rings (SSSR count). The van der Waals surface area contributed by atoms with Crippen LogP contribution in [0.2, 0.25) is 0 Å². The summed E-state index contributed by atoms with van der Waals surface area (Å²) in [4.78, 5) is 31.3. The first-order valence-electron chi connectivity index (χ1n) is 11.7. The lowest BCUT2D eigenvalue weighted by molar-refractivity contribution is -0.139. The molecular weight excluding hydrogens is 441 g/mol. The minimum Gasteiger partial charge on any atom is -0.468 e. The van der Waals surface area contributed by atoms with Crippen molar-refractivity contribution in [1.82, 2.24) is 20.4 Å². The summed E-state index contributed by atoms with van der Waals surface area (Å²) in [5.74, 6) is -0.791. The first-order valence-corrected chi connectivity index (χ1v) is 11.7. The van der Waals surface area contributed by atoms with Gasteiger partial charge in [0.2, 0.25) is 0 Å². The highest BCUT2D eigenvalue weighted by atomic mass is 19.1. The van der Waals surface area contributed by atoms with E-state index in [9.17, 15) is 14.0 Å². The number of furan rings is 1. The van der Waals surface area contributed by atoms with Crippen LogP contribution >= 0.6 is 0 Å². The van der Waals surface area contributed by atoms with E-state index in [4.69, 9.17) is 9.15 Å². The summed E-state index contributed by atoms with van der Waals surface area (Å²) in [6, 6.07) is 10.0. The Morgan fingerprint density at radius 1 is 0.941 bits per heavy atom. The molecule has 0 aliphatic carbocycles. The Hall–Kier alpha value is -2.95. The van der Waals surface area contributed by atoms with Gasteiger partial charge in [0.05, 0.1) is 25.5 Å². The summed E-state index contributed by atoms with van der Waals surface area (Å²) in [6.07, 6.45) is 1.61. The van der Waals surface area contributed by atoms with Gasteiger partial charge in [0.25, 0.3) is 0 Å². The zero-order valence-corrected chi connectivity index (χ0v) is 19.2. The molecule has 9 nitrogen and oxygen atoms in total. The number of hydrogen-bond donors (Lipinski definition) is 2. The Kier molecular flexibility index (Phi) is 8.51. The van der Waals surface area contributed by atoms with Crippen LogP contribution in [-0.2, 0) is 14.3 Å². The van der Waals surface area contributed by atoms with Gasteiger partial charge >= 0.3 is 11.8 Å². The molecule has 3 heterocycles. The largest absolute Gasteiger partial charge is 0.468 e. The number of piperazine rings is 1. The number of rotatable bonds is 8. The molecule has 34 heavy (non-hydrogen) atoms. The fourth-order valence-electron chi connectivity index (χ4n) is 4.34. The molecule has 10 heteroatoms. The number of carbonyl (C=O) groups excluding carboxylic acids is 2. The molecule has 184 valence electrons. The first kappa shape index (κ1) is 24.2. The normalized spacial score (nSPS) is 18.4. The van der Waals surface area contributed by atoms with Crippen molar-refractivity contribution < 1.29 is 23.1 Å². The summed E-state index contributed by atoms with van der Waals surface area (Å²) in [6.45, 7) is 7.44. The standard InChI is InChI=1S/C24H32FN5O4/c25-19-3-5-20(6-4-19)29-9-11-30(12-10-29)21(22-2-1-15-34-22)18-27-24(32)23(31)26-7-8-28-13-16-33-17-14-28/h1-6,15,21H,7-14,16-18H2,(H,26,31)(H,27,32)/t21-/m0/s1. The number of anilines is 1. The Balaban J connectivity index is 1.26. The molecule has 2 amide bonds. The van der Waals surface area contributed by atoms with E-state index < -0.39 is 11.8 Å². The van der Waals surface area contributed by atoms with Crippen molar-refractivity contribution in [3.8, 4) is 0 Å².